The van der Waals surface area contributed by atoms with Crippen LogP contribution in [-0.4, -0.2) is 14.1 Å². The zero-order chi connectivity index (χ0) is 24.8. The smallest absolute Gasteiger partial charge is 0.117 e. The maximum absolute atomic E-state index is 2.32. The lowest BCUT2D eigenvalue weighted by Gasteiger charge is -2.27. The van der Waals surface area contributed by atoms with Crippen LogP contribution in [0, 0.1) is 0 Å². The molecule has 5 rings (SSSR count). The van der Waals surface area contributed by atoms with Gasteiger partial charge in [0, 0.05) is 29.5 Å². The Morgan fingerprint density at radius 1 is 0.583 bits per heavy atom. The van der Waals surface area contributed by atoms with Crippen molar-refractivity contribution in [2.24, 2.45) is 0 Å². The molecule has 1 heterocycles. The number of nitrogens with zero attached hydrogens (tertiary/aromatic N) is 1. The van der Waals surface area contributed by atoms with Gasteiger partial charge in [-0.2, -0.15) is 0 Å². The van der Waals surface area contributed by atoms with Crippen molar-refractivity contribution < 1.29 is 0 Å². The molecule has 0 aliphatic carbocycles. The molecule has 0 atom stereocenters. The van der Waals surface area contributed by atoms with E-state index in [2.05, 4.69) is 159 Å². The van der Waals surface area contributed by atoms with Crippen molar-refractivity contribution in [2.75, 3.05) is 19.0 Å². The number of benzene rings is 4. The van der Waals surface area contributed by atoms with Crippen molar-refractivity contribution >= 4 is 52.4 Å². The van der Waals surface area contributed by atoms with Crippen molar-refractivity contribution in [1.29, 1.82) is 0 Å². The van der Waals surface area contributed by atoms with E-state index in [9.17, 15) is 0 Å². The SMILES string of the molecule is CN(C)c1ccc(/C=C/c2ccc(C[P+](c3ccccc3)(c3ccccc3)c3ccccc3)s2)cc1. The van der Waals surface area contributed by atoms with E-state index in [0.717, 1.165) is 6.16 Å². The molecular formula is C33H31NPS+. The Hall–Kier alpha value is -3.45. The van der Waals surface area contributed by atoms with Crippen LogP contribution in [0.5, 0.6) is 0 Å². The summed E-state index contributed by atoms with van der Waals surface area (Å²) in [4.78, 5) is 4.83. The number of hydrogen-bond acceptors (Lipinski definition) is 2. The highest BCUT2D eigenvalue weighted by Gasteiger charge is 2.45. The van der Waals surface area contributed by atoms with E-state index in [1.807, 2.05) is 11.3 Å². The largest absolute Gasteiger partial charge is 0.378 e. The van der Waals surface area contributed by atoms with E-state index in [1.54, 1.807) is 0 Å². The standard InChI is InChI=1S/C33H31NPS/c1-34(2)28-21-18-27(19-22-28)20-23-32-24-25-33(36-32)26-35(29-12-6-3-7-13-29,30-14-8-4-9-15-30)31-16-10-5-11-17-31/h3-25H,26H2,1-2H3/q+1/b23-20+. The summed E-state index contributed by atoms with van der Waals surface area (Å²) in [6, 6.07) is 46.6. The molecule has 36 heavy (non-hydrogen) atoms. The lowest BCUT2D eigenvalue weighted by atomic mass is 10.2. The van der Waals surface area contributed by atoms with Crippen LogP contribution in [0.25, 0.3) is 12.2 Å². The minimum Gasteiger partial charge on any atom is -0.378 e. The average molecular weight is 505 g/mol. The molecule has 1 aromatic heterocycles. The third-order valence-electron chi connectivity index (χ3n) is 6.52. The normalized spacial score (nSPS) is 11.6. The van der Waals surface area contributed by atoms with Crippen LogP contribution in [0.15, 0.2) is 127 Å². The average Bonchev–Trinajstić information content (AvgIpc) is 3.39. The molecule has 0 amide bonds. The summed E-state index contributed by atoms with van der Waals surface area (Å²) in [6.45, 7) is 0. The number of rotatable bonds is 8. The maximum atomic E-state index is 2.32. The van der Waals surface area contributed by atoms with Crippen molar-refractivity contribution in [3.05, 3.63) is 143 Å². The second-order valence-electron chi connectivity index (χ2n) is 9.10. The molecule has 0 bridgehead atoms. The fraction of sp³-hybridized carbons (Fsp3) is 0.0909. The van der Waals surface area contributed by atoms with Gasteiger partial charge in [0.05, 0.1) is 0 Å². The second kappa shape index (κ2) is 11.1. The molecule has 4 aromatic carbocycles. The minimum atomic E-state index is -1.87. The fourth-order valence-corrected chi connectivity index (χ4v) is 10.2. The lowest BCUT2D eigenvalue weighted by molar-refractivity contribution is 1.13. The molecular weight excluding hydrogens is 473 g/mol. The van der Waals surface area contributed by atoms with E-state index >= 15 is 0 Å². The zero-order valence-electron chi connectivity index (χ0n) is 20.8. The molecule has 0 radical (unpaired) electrons. The van der Waals surface area contributed by atoms with Gasteiger partial charge in [-0.25, -0.2) is 0 Å². The highest BCUT2D eigenvalue weighted by Crippen LogP contribution is 2.58. The second-order valence-corrected chi connectivity index (χ2v) is 13.8. The topological polar surface area (TPSA) is 3.24 Å². The molecule has 0 unspecified atom stereocenters. The minimum absolute atomic E-state index is 1.01. The van der Waals surface area contributed by atoms with Crippen molar-refractivity contribution in [3.8, 4) is 0 Å². The number of anilines is 1. The first-order valence-electron chi connectivity index (χ1n) is 12.2. The highest BCUT2D eigenvalue weighted by molar-refractivity contribution is 7.95. The molecule has 0 saturated carbocycles. The Bertz CT molecular complexity index is 1310. The summed E-state index contributed by atoms with van der Waals surface area (Å²) in [6.07, 6.45) is 5.47. The number of hydrogen-bond donors (Lipinski definition) is 0. The van der Waals surface area contributed by atoms with Crippen LogP contribution >= 0.6 is 18.6 Å². The zero-order valence-corrected chi connectivity index (χ0v) is 22.5. The summed E-state index contributed by atoms with van der Waals surface area (Å²) in [5.74, 6) is 0. The van der Waals surface area contributed by atoms with Crippen LogP contribution in [0.1, 0.15) is 15.3 Å². The Labute approximate surface area is 219 Å². The molecule has 0 saturated heterocycles. The molecule has 0 aliphatic heterocycles. The van der Waals surface area contributed by atoms with Crippen molar-refractivity contribution in [1.82, 2.24) is 0 Å². The van der Waals surface area contributed by atoms with Gasteiger partial charge in [0.15, 0.2) is 0 Å². The Morgan fingerprint density at radius 3 is 1.56 bits per heavy atom. The van der Waals surface area contributed by atoms with Crippen LogP contribution < -0.4 is 20.8 Å². The van der Waals surface area contributed by atoms with Crippen molar-refractivity contribution in [3.63, 3.8) is 0 Å². The maximum Gasteiger partial charge on any atom is 0.117 e. The fourth-order valence-electron chi connectivity index (χ4n) is 4.63. The van der Waals surface area contributed by atoms with Crippen molar-refractivity contribution in [2.45, 2.75) is 6.16 Å². The van der Waals surface area contributed by atoms with Gasteiger partial charge in [-0.1, -0.05) is 72.8 Å². The third-order valence-corrected chi connectivity index (χ3v) is 12.1. The first-order valence-corrected chi connectivity index (χ1v) is 15.0. The summed E-state index contributed by atoms with van der Waals surface area (Å²) in [7, 11) is 2.27. The predicted molar refractivity (Wildman–Crippen MR) is 163 cm³/mol. The molecule has 0 spiro atoms. The van der Waals surface area contributed by atoms with Gasteiger partial charge in [-0.05, 0) is 72.3 Å². The molecule has 0 N–H and O–H groups in total. The molecule has 3 heteroatoms. The Balaban J connectivity index is 1.52. The summed E-state index contributed by atoms with van der Waals surface area (Å²) in [5.41, 5.74) is 2.43. The summed E-state index contributed by atoms with van der Waals surface area (Å²) in [5, 5.41) is 4.27. The molecule has 0 aliphatic rings. The van der Waals surface area contributed by atoms with E-state index in [4.69, 9.17) is 0 Å². The first-order chi connectivity index (χ1) is 17.6. The summed E-state index contributed by atoms with van der Waals surface area (Å²) < 4.78 is 0. The molecule has 0 fully saturated rings. The van der Waals surface area contributed by atoms with Crippen LogP contribution in [0.3, 0.4) is 0 Å². The van der Waals surface area contributed by atoms with Gasteiger partial charge >= 0.3 is 0 Å². The van der Waals surface area contributed by atoms with Gasteiger partial charge in [-0.3, -0.25) is 0 Å². The van der Waals surface area contributed by atoms with Gasteiger partial charge in [0.2, 0.25) is 0 Å². The quantitative estimate of drug-likeness (QED) is 0.198. The predicted octanol–water partition coefficient (Wildman–Crippen LogP) is 7.48. The van der Waals surface area contributed by atoms with Crippen LogP contribution in [0.4, 0.5) is 5.69 Å². The molecule has 5 aromatic rings. The molecule has 1 nitrogen and oxygen atoms in total. The van der Waals surface area contributed by atoms with Gasteiger partial charge < -0.3 is 4.90 Å². The monoisotopic (exact) mass is 504 g/mol. The first kappa shape index (κ1) is 24.3. The van der Waals surface area contributed by atoms with Gasteiger partial charge in [0.1, 0.15) is 29.3 Å². The Kier molecular flexibility index (Phi) is 7.47. The third kappa shape index (κ3) is 5.21. The number of thiophene rings is 1. The highest BCUT2D eigenvalue weighted by atomic mass is 32.1. The van der Waals surface area contributed by atoms with Gasteiger partial charge in [0.25, 0.3) is 0 Å². The van der Waals surface area contributed by atoms with E-state index in [-0.39, 0.29) is 0 Å². The van der Waals surface area contributed by atoms with Crippen LogP contribution in [-0.2, 0) is 6.16 Å². The lowest BCUT2D eigenvalue weighted by Crippen LogP contribution is -2.32. The van der Waals surface area contributed by atoms with Gasteiger partial charge in [-0.15, -0.1) is 11.3 Å². The van der Waals surface area contributed by atoms with E-state index in [1.165, 1.54) is 36.9 Å². The summed E-state index contributed by atoms with van der Waals surface area (Å²) >= 11 is 1.90. The van der Waals surface area contributed by atoms with Crippen LogP contribution in [0.2, 0.25) is 0 Å². The van der Waals surface area contributed by atoms with E-state index < -0.39 is 7.26 Å². The van der Waals surface area contributed by atoms with E-state index in [0.29, 0.717) is 0 Å². The Morgan fingerprint density at radius 2 is 1.08 bits per heavy atom. The molecule has 178 valence electrons.